The topological polar surface area (TPSA) is 72.8 Å². The lowest BCUT2D eigenvalue weighted by Gasteiger charge is -2.46. The largest absolute Gasteiger partial charge is 0.508 e. The van der Waals surface area contributed by atoms with E-state index >= 15 is 0 Å². The second-order valence-corrected chi connectivity index (χ2v) is 11.1. The van der Waals surface area contributed by atoms with Crippen molar-refractivity contribution in [3.63, 3.8) is 0 Å². The number of aryl methyl sites for hydroxylation is 1. The van der Waals surface area contributed by atoms with E-state index < -0.39 is 0 Å². The van der Waals surface area contributed by atoms with Gasteiger partial charge >= 0.3 is 0 Å². The highest BCUT2D eigenvalue weighted by Gasteiger charge is 2.39. The Balaban J connectivity index is 1.36. The Kier molecular flexibility index (Phi) is 7.22. The van der Waals surface area contributed by atoms with Crippen LogP contribution in [-0.4, -0.2) is 46.7 Å². The molecule has 2 aliphatic rings. The van der Waals surface area contributed by atoms with Crippen molar-refractivity contribution in [1.29, 1.82) is 0 Å². The summed E-state index contributed by atoms with van der Waals surface area (Å²) in [5, 5.41) is 23.1. The summed E-state index contributed by atoms with van der Waals surface area (Å²) in [7, 11) is 0. The summed E-state index contributed by atoms with van der Waals surface area (Å²) in [5.74, 6) is 1.58. The summed E-state index contributed by atoms with van der Waals surface area (Å²) in [6.45, 7) is 11.8. The molecule has 0 radical (unpaired) electrons. The van der Waals surface area contributed by atoms with Crippen LogP contribution in [0, 0.1) is 17.8 Å². The highest BCUT2D eigenvalue weighted by molar-refractivity contribution is 5.79. The Morgan fingerprint density at radius 3 is 2.62 bits per heavy atom. The number of benzene rings is 2. The molecular weight excluding hydrogens is 424 g/mol. The van der Waals surface area contributed by atoms with Crippen molar-refractivity contribution >= 4 is 5.91 Å². The smallest absolute Gasteiger partial charge is 0.223 e. The number of carbonyl (C=O) groups is 1. The molecule has 0 saturated carbocycles. The molecule has 0 aromatic heterocycles. The summed E-state index contributed by atoms with van der Waals surface area (Å²) in [6, 6.07) is 13.3. The lowest BCUT2D eigenvalue weighted by molar-refractivity contribution is -0.126. The van der Waals surface area contributed by atoms with Gasteiger partial charge in [0, 0.05) is 25.0 Å². The van der Waals surface area contributed by atoms with Crippen LogP contribution in [0.3, 0.4) is 0 Å². The van der Waals surface area contributed by atoms with Crippen molar-refractivity contribution in [2.75, 3.05) is 19.6 Å². The van der Waals surface area contributed by atoms with E-state index in [9.17, 15) is 15.0 Å². The number of rotatable bonds is 6. The van der Waals surface area contributed by atoms with Gasteiger partial charge in [-0.05, 0) is 90.4 Å². The third-order valence-corrected chi connectivity index (χ3v) is 8.45. The van der Waals surface area contributed by atoms with E-state index in [0.29, 0.717) is 23.3 Å². The van der Waals surface area contributed by atoms with Gasteiger partial charge in [0.25, 0.3) is 0 Å². The van der Waals surface area contributed by atoms with Crippen LogP contribution in [0.25, 0.3) is 0 Å². The zero-order chi connectivity index (χ0) is 24.5. The Morgan fingerprint density at radius 1 is 1.15 bits per heavy atom. The number of phenols is 2. The quantitative estimate of drug-likeness (QED) is 0.582. The maximum Gasteiger partial charge on any atom is 0.223 e. The van der Waals surface area contributed by atoms with Gasteiger partial charge in [-0.25, -0.2) is 0 Å². The number of nitrogens with one attached hydrogen (secondary N) is 1. The van der Waals surface area contributed by atoms with Crippen LogP contribution in [0.2, 0.25) is 0 Å². The van der Waals surface area contributed by atoms with Crippen LogP contribution in [-0.2, 0) is 23.1 Å². The van der Waals surface area contributed by atoms with E-state index in [1.165, 1.54) is 16.7 Å². The molecule has 5 nitrogen and oxygen atoms in total. The number of phenolic OH excluding ortho intramolecular Hbond substituents is 2. The van der Waals surface area contributed by atoms with E-state index in [1.807, 2.05) is 24.3 Å². The summed E-state index contributed by atoms with van der Waals surface area (Å²) in [6.07, 6.45) is 3.44. The van der Waals surface area contributed by atoms with Gasteiger partial charge in [-0.1, -0.05) is 45.9 Å². The molecule has 1 aliphatic heterocycles. The monoisotopic (exact) mass is 464 g/mol. The van der Waals surface area contributed by atoms with Crippen LogP contribution in [0.15, 0.2) is 42.5 Å². The molecule has 1 saturated heterocycles. The van der Waals surface area contributed by atoms with Crippen molar-refractivity contribution in [2.45, 2.75) is 64.8 Å². The first-order valence-corrected chi connectivity index (χ1v) is 12.8. The molecule has 0 bridgehead atoms. The number of hydrogen-bond acceptors (Lipinski definition) is 4. The minimum atomic E-state index is -0.00683. The number of fused-ring (bicyclic) bond motifs is 1. The van der Waals surface area contributed by atoms with Gasteiger partial charge in [-0.2, -0.15) is 0 Å². The number of likely N-dealkylation sites (tertiary alicyclic amines) is 1. The highest BCUT2D eigenvalue weighted by atomic mass is 16.3. The van der Waals surface area contributed by atoms with E-state index in [2.05, 4.69) is 44.0 Å². The fourth-order valence-electron chi connectivity index (χ4n) is 5.74. The second kappa shape index (κ2) is 9.99. The Hall–Kier alpha value is -2.53. The zero-order valence-electron chi connectivity index (χ0n) is 21.1. The van der Waals surface area contributed by atoms with E-state index in [4.69, 9.17) is 0 Å². The maximum atomic E-state index is 13.2. The van der Waals surface area contributed by atoms with Crippen molar-refractivity contribution in [3.8, 4) is 11.5 Å². The second-order valence-electron chi connectivity index (χ2n) is 11.1. The molecule has 1 amide bonds. The van der Waals surface area contributed by atoms with E-state index in [1.54, 1.807) is 12.1 Å². The van der Waals surface area contributed by atoms with Crippen LogP contribution in [0.5, 0.6) is 11.5 Å². The zero-order valence-corrected chi connectivity index (χ0v) is 21.1. The summed E-state index contributed by atoms with van der Waals surface area (Å²) < 4.78 is 0. The van der Waals surface area contributed by atoms with Gasteiger partial charge in [-0.15, -0.1) is 0 Å². The molecule has 1 aliphatic carbocycles. The lowest BCUT2D eigenvalue weighted by atomic mass is 9.68. The van der Waals surface area contributed by atoms with Gasteiger partial charge in [-0.3, -0.25) is 4.79 Å². The fraction of sp³-hybridized carbons (Fsp3) is 0.552. The summed E-state index contributed by atoms with van der Waals surface area (Å²) >= 11 is 0. The Labute approximate surface area is 204 Å². The lowest BCUT2D eigenvalue weighted by Crippen LogP contribution is -2.54. The molecule has 2 aromatic rings. The average molecular weight is 465 g/mol. The first-order chi connectivity index (χ1) is 16.2. The van der Waals surface area contributed by atoms with Gasteiger partial charge in [0.05, 0.1) is 0 Å². The van der Waals surface area contributed by atoms with Crippen molar-refractivity contribution in [1.82, 2.24) is 10.2 Å². The first-order valence-electron chi connectivity index (χ1n) is 12.8. The summed E-state index contributed by atoms with van der Waals surface area (Å²) in [4.78, 5) is 15.7. The Bertz CT molecular complexity index is 1020. The number of hydrogen-bond donors (Lipinski definition) is 3. The molecule has 3 N–H and O–H groups in total. The predicted octanol–water partition coefficient (Wildman–Crippen LogP) is 4.64. The van der Waals surface area contributed by atoms with E-state index in [0.717, 1.165) is 45.3 Å². The molecule has 0 spiro atoms. The SMILES string of the molecule is CC(C)[C@@H](CN1CC[C@@](C)(c2cccc(O)c2)[C@@H](C)C1)NC(=O)[C@@H]1CCc2cc(O)ccc2C1. The van der Waals surface area contributed by atoms with Gasteiger partial charge < -0.3 is 20.4 Å². The van der Waals surface area contributed by atoms with Gasteiger partial charge in [0.15, 0.2) is 0 Å². The maximum absolute atomic E-state index is 13.2. The first kappa shape index (κ1) is 24.6. The van der Waals surface area contributed by atoms with Crippen LogP contribution in [0.1, 0.15) is 57.2 Å². The van der Waals surface area contributed by atoms with Crippen LogP contribution >= 0.6 is 0 Å². The number of nitrogens with zero attached hydrogens (tertiary/aromatic N) is 1. The van der Waals surface area contributed by atoms with Crippen molar-refractivity contribution < 1.29 is 15.0 Å². The number of aromatic hydroxyl groups is 2. The average Bonchev–Trinajstić information content (AvgIpc) is 2.80. The molecule has 184 valence electrons. The molecule has 0 unspecified atom stereocenters. The number of carbonyl (C=O) groups excluding carboxylic acids is 1. The highest BCUT2D eigenvalue weighted by Crippen LogP contribution is 2.40. The minimum absolute atomic E-state index is 0.00683. The van der Waals surface area contributed by atoms with E-state index in [-0.39, 0.29) is 23.3 Å². The normalized spacial score (nSPS) is 26.1. The van der Waals surface area contributed by atoms with Crippen LogP contribution in [0.4, 0.5) is 0 Å². The molecule has 5 heteroatoms. The standard InChI is InChI=1S/C29H40N2O3/c1-19(2)27(30-28(34)23-9-8-22-15-26(33)11-10-21(22)14-23)18-31-13-12-29(4,20(3)17-31)24-6-5-7-25(32)16-24/h5-7,10-11,15-16,19-20,23,27,32-33H,8-9,12-14,17-18H2,1-4H3,(H,30,34)/t20-,23+,27+,29+/m0/s1. The van der Waals surface area contributed by atoms with Gasteiger partial charge in [0.1, 0.15) is 11.5 Å². The predicted molar refractivity (Wildman–Crippen MR) is 136 cm³/mol. The molecule has 4 atom stereocenters. The molecule has 4 rings (SSSR count). The molecule has 1 fully saturated rings. The number of amides is 1. The van der Waals surface area contributed by atoms with Gasteiger partial charge in [0.2, 0.25) is 5.91 Å². The van der Waals surface area contributed by atoms with Crippen molar-refractivity contribution in [3.05, 3.63) is 59.2 Å². The molecule has 2 aromatic carbocycles. The third-order valence-electron chi connectivity index (χ3n) is 8.45. The summed E-state index contributed by atoms with van der Waals surface area (Å²) in [5.41, 5.74) is 3.60. The molecule has 34 heavy (non-hydrogen) atoms. The molecular formula is C29H40N2O3. The fourth-order valence-corrected chi connectivity index (χ4v) is 5.74. The Morgan fingerprint density at radius 2 is 1.91 bits per heavy atom. The molecule has 1 heterocycles. The minimum Gasteiger partial charge on any atom is -0.508 e. The third kappa shape index (κ3) is 5.25. The van der Waals surface area contributed by atoms with Crippen LogP contribution < -0.4 is 5.32 Å². The van der Waals surface area contributed by atoms with Crippen molar-refractivity contribution in [2.24, 2.45) is 17.8 Å². The number of piperidine rings is 1.